The summed E-state index contributed by atoms with van der Waals surface area (Å²) in [6.45, 7) is 7.67. The monoisotopic (exact) mass is 350 g/mol. The van der Waals surface area contributed by atoms with Crippen LogP contribution in [0.2, 0.25) is 0 Å². The molecule has 0 unspecified atom stereocenters. The molecule has 0 radical (unpaired) electrons. The molecule has 0 bridgehead atoms. The number of nitrogens with two attached hydrogens (primary N) is 1. The van der Waals surface area contributed by atoms with Crippen LogP contribution in [0.4, 0.5) is 0 Å². The summed E-state index contributed by atoms with van der Waals surface area (Å²) >= 11 is 0. The molecule has 0 aliphatic rings. The van der Waals surface area contributed by atoms with Crippen molar-refractivity contribution < 1.29 is 4.74 Å². The highest BCUT2D eigenvalue weighted by Crippen LogP contribution is 2.32. The van der Waals surface area contributed by atoms with Gasteiger partial charge < -0.3 is 15.0 Å². The van der Waals surface area contributed by atoms with Crippen molar-refractivity contribution in [2.24, 2.45) is 11.7 Å². The molecule has 0 saturated heterocycles. The third kappa shape index (κ3) is 3.37. The van der Waals surface area contributed by atoms with E-state index in [1.807, 2.05) is 47.9 Å². The van der Waals surface area contributed by atoms with Crippen molar-refractivity contribution in [3.05, 3.63) is 64.6 Å². The van der Waals surface area contributed by atoms with E-state index in [1.165, 1.54) is 0 Å². The Morgan fingerprint density at radius 3 is 2.42 bits per heavy atom. The Kier molecular flexibility index (Phi) is 5.43. The van der Waals surface area contributed by atoms with E-state index in [4.69, 9.17) is 10.5 Å². The van der Waals surface area contributed by atoms with Gasteiger partial charge in [0, 0.05) is 24.3 Å². The Labute approximate surface area is 154 Å². The number of ether oxygens (including phenoxy) is 1. The van der Waals surface area contributed by atoms with Crippen molar-refractivity contribution in [1.82, 2.24) is 4.57 Å². The van der Waals surface area contributed by atoms with Crippen LogP contribution in [0.5, 0.6) is 5.75 Å². The van der Waals surface area contributed by atoms with E-state index in [1.54, 1.807) is 0 Å². The molecular formula is C22H26N2O2. The van der Waals surface area contributed by atoms with Crippen LogP contribution >= 0.6 is 0 Å². The smallest absolute Gasteiger partial charge is 0.258 e. The molecule has 3 rings (SSSR count). The highest BCUT2D eigenvalue weighted by Gasteiger charge is 2.18. The predicted octanol–water partition coefficient (Wildman–Crippen LogP) is 4.18. The molecule has 0 fully saturated rings. The third-order valence-electron chi connectivity index (χ3n) is 4.46. The van der Waals surface area contributed by atoms with Gasteiger partial charge in [-0.3, -0.25) is 4.79 Å². The average molecular weight is 350 g/mol. The zero-order chi connectivity index (χ0) is 18.7. The van der Waals surface area contributed by atoms with Crippen LogP contribution < -0.4 is 16.0 Å². The Balaban J connectivity index is 2.41. The quantitative estimate of drug-likeness (QED) is 0.725. The minimum absolute atomic E-state index is 0.00427. The van der Waals surface area contributed by atoms with Gasteiger partial charge in [0.1, 0.15) is 5.75 Å². The van der Waals surface area contributed by atoms with Gasteiger partial charge in [0.15, 0.2) is 0 Å². The molecule has 2 aromatic carbocycles. The molecule has 4 heteroatoms. The number of nitrogens with zero attached hydrogens (tertiary/aromatic N) is 1. The Morgan fingerprint density at radius 1 is 1.08 bits per heavy atom. The van der Waals surface area contributed by atoms with Gasteiger partial charge in [-0.2, -0.15) is 0 Å². The third-order valence-corrected chi connectivity index (χ3v) is 4.46. The SMILES string of the molecule is CCOc1ccc2c(-c3ccccc3)c(CN)n(CC(C)C)c(=O)c2c1. The molecule has 2 N–H and O–H groups in total. The van der Waals surface area contributed by atoms with Crippen LogP contribution in [0.1, 0.15) is 26.5 Å². The molecular weight excluding hydrogens is 324 g/mol. The van der Waals surface area contributed by atoms with E-state index in [9.17, 15) is 4.79 Å². The van der Waals surface area contributed by atoms with Crippen molar-refractivity contribution in [1.29, 1.82) is 0 Å². The van der Waals surface area contributed by atoms with Gasteiger partial charge in [0.05, 0.1) is 12.0 Å². The van der Waals surface area contributed by atoms with Crippen LogP contribution in [-0.2, 0) is 13.1 Å². The van der Waals surface area contributed by atoms with E-state index < -0.39 is 0 Å². The number of pyridine rings is 1. The van der Waals surface area contributed by atoms with Crippen LogP contribution in [-0.4, -0.2) is 11.2 Å². The molecule has 0 atom stereocenters. The molecule has 0 amide bonds. The van der Waals surface area contributed by atoms with Gasteiger partial charge in [-0.25, -0.2) is 0 Å². The lowest BCUT2D eigenvalue weighted by Crippen LogP contribution is -2.28. The summed E-state index contributed by atoms with van der Waals surface area (Å²) in [6, 6.07) is 15.9. The van der Waals surface area contributed by atoms with Crippen LogP contribution in [0.25, 0.3) is 21.9 Å². The maximum absolute atomic E-state index is 13.2. The van der Waals surface area contributed by atoms with Crippen molar-refractivity contribution in [2.75, 3.05) is 6.61 Å². The van der Waals surface area contributed by atoms with Gasteiger partial charge in [-0.1, -0.05) is 44.2 Å². The zero-order valence-electron chi connectivity index (χ0n) is 15.7. The first-order valence-electron chi connectivity index (χ1n) is 9.14. The summed E-state index contributed by atoms with van der Waals surface area (Å²) in [4.78, 5) is 13.2. The highest BCUT2D eigenvalue weighted by atomic mass is 16.5. The summed E-state index contributed by atoms with van der Waals surface area (Å²) in [5, 5.41) is 1.60. The first kappa shape index (κ1) is 18.2. The molecule has 1 heterocycles. The van der Waals surface area contributed by atoms with Crippen molar-refractivity contribution in [3.63, 3.8) is 0 Å². The molecule has 0 aliphatic heterocycles. The fourth-order valence-electron chi connectivity index (χ4n) is 3.43. The van der Waals surface area contributed by atoms with Crippen LogP contribution in [0.15, 0.2) is 53.3 Å². The second kappa shape index (κ2) is 7.75. The summed E-state index contributed by atoms with van der Waals surface area (Å²) in [5.74, 6) is 1.06. The number of benzene rings is 2. The normalized spacial score (nSPS) is 11.3. The molecule has 1 aromatic heterocycles. The predicted molar refractivity (Wildman–Crippen MR) is 108 cm³/mol. The minimum Gasteiger partial charge on any atom is -0.494 e. The molecule has 0 spiro atoms. The fourth-order valence-corrected chi connectivity index (χ4v) is 3.43. The van der Waals surface area contributed by atoms with Crippen LogP contribution in [0.3, 0.4) is 0 Å². The lowest BCUT2D eigenvalue weighted by atomic mass is 9.96. The summed E-state index contributed by atoms with van der Waals surface area (Å²) in [5.41, 5.74) is 9.10. The number of rotatable bonds is 6. The Hall–Kier alpha value is -2.59. The average Bonchev–Trinajstić information content (AvgIpc) is 2.64. The minimum atomic E-state index is -0.00427. The molecule has 3 aromatic rings. The summed E-state index contributed by atoms with van der Waals surface area (Å²) in [7, 11) is 0. The number of hydrogen-bond acceptors (Lipinski definition) is 3. The number of hydrogen-bond donors (Lipinski definition) is 1. The van der Waals surface area contributed by atoms with Crippen molar-refractivity contribution in [2.45, 2.75) is 33.9 Å². The first-order chi connectivity index (χ1) is 12.6. The maximum Gasteiger partial charge on any atom is 0.258 e. The molecule has 136 valence electrons. The zero-order valence-corrected chi connectivity index (χ0v) is 15.7. The van der Waals surface area contributed by atoms with E-state index in [2.05, 4.69) is 26.0 Å². The molecule has 4 nitrogen and oxygen atoms in total. The molecule has 0 aliphatic carbocycles. The van der Waals surface area contributed by atoms with Crippen molar-refractivity contribution in [3.8, 4) is 16.9 Å². The lowest BCUT2D eigenvalue weighted by molar-refractivity contribution is 0.340. The maximum atomic E-state index is 13.2. The topological polar surface area (TPSA) is 57.2 Å². The number of fused-ring (bicyclic) bond motifs is 1. The number of aromatic nitrogens is 1. The van der Waals surface area contributed by atoms with E-state index in [0.29, 0.717) is 36.8 Å². The van der Waals surface area contributed by atoms with Crippen LogP contribution in [0, 0.1) is 5.92 Å². The standard InChI is InChI=1S/C22H26N2O2/c1-4-26-17-10-11-18-19(12-17)22(25)24(14-15(2)3)20(13-23)21(18)16-8-6-5-7-9-16/h5-12,15H,4,13-14,23H2,1-3H3. The van der Waals surface area contributed by atoms with Gasteiger partial charge >= 0.3 is 0 Å². The van der Waals surface area contributed by atoms with Crippen molar-refractivity contribution >= 4 is 10.8 Å². The first-order valence-corrected chi connectivity index (χ1v) is 9.14. The van der Waals surface area contributed by atoms with Gasteiger partial charge in [0.2, 0.25) is 0 Å². The lowest BCUT2D eigenvalue weighted by Gasteiger charge is -2.21. The molecule has 0 saturated carbocycles. The van der Waals surface area contributed by atoms with E-state index in [0.717, 1.165) is 22.2 Å². The highest BCUT2D eigenvalue weighted by molar-refractivity contribution is 5.98. The second-order valence-electron chi connectivity index (χ2n) is 6.84. The largest absolute Gasteiger partial charge is 0.494 e. The van der Waals surface area contributed by atoms with Gasteiger partial charge in [-0.05, 0) is 42.0 Å². The second-order valence-corrected chi connectivity index (χ2v) is 6.84. The Morgan fingerprint density at radius 2 is 1.81 bits per heavy atom. The van der Waals surface area contributed by atoms with E-state index in [-0.39, 0.29) is 5.56 Å². The fraction of sp³-hybridized carbons (Fsp3) is 0.318. The summed E-state index contributed by atoms with van der Waals surface area (Å²) in [6.07, 6.45) is 0. The molecule has 26 heavy (non-hydrogen) atoms. The van der Waals surface area contributed by atoms with Gasteiger partial charge in [-0.15, -0.1) is 0 Å². The van der Waals surface area contributed by atoms with E-state index >= 15 is 0 Å². The van der Waals surface area contributed by atoms with Gasteiger partial charge in [0.25, 0.3) is 5.56 Å². The Bertz CT molecular complexity index is 959. The summed E-state index contributed by atoms with van der Waals surface area (Å²) < 4.78 is 7.46.